The van der Waals surface area contributed by atoms with Crippen LogP contribution in [0.4, 0.5) is 0 Å². The average Bonchev–Trinajstić information content (AvgIpc) is 3.13. The second-order valence-corrected chi connectivity index (χ2v) is 11.2. The van der Waals surface area contributed by atoms with Crippen LogP contribution in [0.1, 0.15) is 32.3 Å². The van der Waals surface area contributed by atoms with Crippen molar-refractivity contribution in [3.05, 3.63) is 34.3 Å². The summed E-state index contributed by atoms with van der Waals surface area (Å²) in [6, 6.07) is 6.08. The molecule has 10 heteroatoms. The second kappa shape index (κ2) is 11.1. The van der Waals surface area contributed by atoms with Gasteiger partial charge in [0, 0.05) is 24.1 Å². The molecule has 0 aromatic heterocycles. The third-order valence-corrected chi connectivity index (χ3v) is 8.14. The molecule has 178 valence electrons. The third kappa shape index (κ3) is 6.30. The topological polar surface area (TPSA) is 96.0 Å². The number of rotatable bonds is 9. The summed E-state index contributed by atoms with van der Waals surface area (Å²) in [5.41, 5.74) is 0.908. The molecular formula is C22H32BrN3O5S. The Balaban J connectivity index is 1.64. The van der Waals surface area contributed by atoms with Crippen LogP contribution in [-0.4, -0.2) is 80.7 Å². The highest BCUT2D eigenvalue weighted by molar-refractivity contribution is 9.10. The van der Waals surface area contributed by atoms with Gasteiger partial charge in [0.1, 0.15) is 12.1 Å². The standard InChI is InChI=1S/C22H32BrN3O5S/c1-3-16(2)20(22(28)25-11-13-31-14-12-25)26-10-8-19(21(26)27)24-32(29,30)15-9-17-4-6-18(23)7-5-17/h4-7,16,19-20,24H,3,8-15H2,1-2H3. The van der Waals surface area contributed by atoms with E-state index in [1.54, 1.807) is 9.80 Å². The number of halogens is 1. The molecular weight excluding hydrogens is 498 g/mol. The number of morpholine rings is 1. The number of nitrogens with zero attached hydrogens (tertiary/aromatic N) is 2. The van der Waals surface area contributed by atoms with Gasteiger partial charge in [-0.15, -0.1) is 0 Å². The SMILES string of the molecule is CCC(C)C(C(=O)N1CCOCC1)N1CCC(NS(=O)(=O)CCc2ccc(Br)cc2)C1=O. The first kappa shape index (κ1) is 25.1. The number of amides is 2. The molecule has 1 aromatic carbocycles. The van der Waals surface area contributed by atoms with Gasteiger partial charge in [-0.05, 0) is 36.5 Å². The quantitative estimate of drug-likeness (QED) is 0.526. The molecule has 2 heterocycles. The van der Waals surface area contributed by atoms with E-state index in [9.17, 15) is 18.0 Å². The van der Waals surface area contributed by atoms with Crippen LogP contribution in [0.2, 0.25) is 0 Å². The summed E-state index contributed by atoms with van der Waals surface area (Å²) in [5, 5.41) is 0. The first-order valence-electron chi connectivity index (χ1n) is 11.1. The second-order valence-electron chi connectivity index (χ2n) is 8.45. The molecule has 2 amide bonds. The minimum atomic E-state index is -3.64. The summed E-state index contributed by atoms with van der Waals surface area (Å²) in [5.74, 6) is -0.513. The fraction of sp³-hybridized carbons (Fsp3) is 0.636. The number of aryl methyl sites for hydroxylation is 1. The lowest BCUT2D eigenvalue weighted by molar-refractivity contribution is -0.149. The van der Waals surface area contributed by atoms with Crippen LogP contribution in [0.5, 0.6) is 0 Å². The monoisotopic (exact) mass is 529 g/mol. The van der Waals surface area contributed by atoms with E-state index in [0.29, 0.717) is 45.7 Å². The molecule has 3 rings (SSSR count). The van der Waals surface area contributed by atoms with Crippen molar-refractivity contribution in [2.24, 2.45) is 5.92 Å². The van der Waals surface area contributed by atoms with Crippen molar-refractivity contribution in [1.29, 1.82) is 0 Å². The maximum atomic E-state index is 13.2. The van der Waals surface area contributed by atoms with Crippen LogP contribution >= 0.6 is 15.9 Å². The summed E-state index contributed by atoms with van der Waals surface area (Å²) in [4.78, 5) is 29.7. The van der Waals surface area contributed by atoms with E-state index in [2.05, 4.69) is 20.7 Å². The molecule has 32 heavy (non-hydrogen) atoms. The van der Waals surface area contributed by atoms with Crippen molar-refractivity contribution >= 4 is 37.8 Å². The maximum absolute atomic E-state index is 13.2. The van der Waals surface area contributed by atoms with Gasteiger partial charge in [0.15, 0.2) is 0 Å². The molecule has 0 saturated carbocycles. The number of hydrogen-bond acceptors (Lipinski definition) is 5. The Labute approximate surface area is 198 Å². The van der Waals surface area contributed by atoms with Gasteiger partial charge in [0.05, 0.1) is 19.0 Å². The maximum Gasteiger partial charge on any atom is 0.245 e. The molecule has 0 radical (unpaired) electrons. The highest BCUT2D eigenvalue weighted by Gasteiger charge is 2.43. The Bertz CT molecular complexity index is 903. The van der Waals surface area contributed by atoms with Crippen LogP contribution in [0, 0.1) is 5.92 Å². The van der Waals surface area contributed by atoms with Crippen molar-refractivity contribution in [1.82, 2.24) is 14.5 Å². The lowest BCUT2D eigenvalue weighted by Gasteiger charge is -2.37. The highest BCUT2D eigenvalue weighted by atomic mass is 79.9. The fourth-order valence-electron chi connectivity index (χ4n) is 4.14. The molecule has 2 aliphatic heterocycles. The van der Waals surface area contributed by atoms with Crippen molar-refractivity contribution in [2.75, 3.05) is 38.6 Å². The number of carbonyl (C=O) groups excluding carboxylic acids is 2. The predicted molar refractivity (Wildman–Crippen MR) is 126 cm³/mol. The summed E-state index contributed by atoms with van der Waals surface area (Å²) < 4.78 is 34.1. The first-order chi connectivity index (χ1) is 15.2. The molecule has 2 aliphatic rings. The van der Waals surface area contributed by atoms with Crippen molar-refractivity contribution < 1.29 is 22.7 Å². The normalized spacial score (nSPS) is 21.6. The van der Waals surface area contributed by atoms with Gasteiger partial charge in [-0.2, -0.15) is 0 Å². The van der Waals surface area contributed by atoms with E-state index in [-0.39, 0.29) is 23.5 Å². The summed E-state index contributed by atoms with van der Waals surface area (Å²) in [6.45, 7) is 6.34. The number of sulfonamides is 1. The minimum Gasteiger partial charge on any atom is -0.378 e. The number of ether oxygens (including phenoxy) is 1. The molecule has 8 nitrogen and oxygen atoms in total. The molecule has 3 atom stereocenters. The lowest BCUT2D eigenvalue weighted by atomic mass is 9.96. The van der Waals surface area contributed by atoms with Gasteiger partial charge in [0.2, 0.25) is 21.8 Å². The van der Waals surface area contributed by atoms with Gasteiger partial charge in [-0.25, -0.2) is 13.1 Å². The summed E-state index contributed by atoms with van der Waals surface area (Å²) >= 11 is 3.36. The Morgan fingerprint density at radius 2 is 1.88 bits per heavy atom. The number of likely N-dealkylation sites (tertiary alicyclic amines) is 1. The largest absolute Gasteiger partial charge is 0.378 e. The molecule has 3 unspecified atom stereocenters. The zero-order valence-electron chi connectivity index (χ0n) is 18.6. The molecule has 2 saturated heterocycles. The summed E-state index contributed by atoms with van der Waals surface area (Å²) in [6.07, 6.45) is 1.46. The highest BCUT2D eigenvalue weighted by Crippen LogP contribution is 2.24. The Hall–Kier alpha value is -1.49. The molecule has 0 spiro atoms. The van der Waals surface area contributed by atoms with Crippen molar-refractivity contribution in [3.8, 4) is 0 Å². The Morgan fingerprint density at radius 1 is 1.22 bits per heavy atom. The zero-order chi connectivity index (χ0) is 23.3. The number of nitrogens with one attached hydrogen (secondary N) is 1. The van der Waals surface area contributed by atoms with Crippen LogP contribution in [0.25, 0.3) is 0 Å². The molecule has 0 aliphatic carbocycles. The lowest BCUT2D eigenvalue weighted by Crippen LogP contribution is -2.56. The van der Waals surface area contributed by atoms with Gasteiger partial charge < -0.3 is 14.5 Å². The number of benzene rings is 1. The van der Waals surface area contributed by atoms with E-state index in [4.69, 9.17) is 4.74 Å². The predicted octanol–water partition coefficient (Wildman–Crippen LogP) is 1.79. The van der Waals surface area contributed by atoms with E-state index in [1.807, 2.05) is 38.1 Å². The Kier molecular flexibility index (Phi) is 8.71. The van der Waals surface area contributed by atoms with Gasteiger partial charge in [-0.1, -0.05) is 48.3 Å². The smallest absolute Gasteiger partial charge is 0.245 e. The van der Waals surface area contributed by atoms with Crippen LogP contribution in [-0.2, 0) is 30.8 Å². The molecule has 0 bridgehead atoms. The Morgan fingerprint density at radius 3 is 2.50 bits per heavy atom. The van der Waals surface area contributed by atoms with Crippen LogP contribution in [0.3, 0.4) is 0 Å². The molecule has 1 N–H and O–H groups in total. The van der Waals surface area contributed by atoms with Gasteiger partial charge in [0.25, 0.3) is 0 Å². The first-order valence-corrected chi connectivity index (χ1v) is 13.6. The molecule has 1 aromatic rings. The minimum absolute atomic E-state index is 0.0259. The average molecular weight is 530 g/mol. The number of hydrogen-bond donors (Lipinski definition) is 1. The van der Waals surface area contributed by atoms with Crippen molar-refractivity contribution in [2.45, 2.75) is 45.2 Å². The van der Waals surface area contributed by atoms with Gasteiger partial charge in [-0.3, -0.25) is 9.59 Å². The third-order valence-electron chi connectivity index (χ3n) is 6.23. The van der Waals surface area contributed by atoms with Crippen molar-refractivity contribution in [3.63, 3.8) is 0 Å². The van der Waals surface area contributed by atoms with Crippen LogP contribution in [0.15, 0.2) is 28.7 Å². The van der Waals surface area contributed by atoms with Gasteiger partial charge >= 0.3 is 0 Å². The van der Waals surface area contributed by atoms with E-state index in [0.717, 1.165) is 16.5 Å². The fourth-order valence-corrected chi connectivity index (χ4v) is 5.68. The van der Waals surface area contributed by atoms with E-state index < -0.39 is 22.1 Å². The van der Waals surface area contributed by atoms with Crippen LogP contribution < -0.4 is 4.72 Å². The molecule has 2 fully saturated rings. The zero-order valence-corrected chi connectivity index (χ0v) is 21.0. The summed E-state index contributed by atoms with van der Waals surface area (Å²) in [7, 11) is -3.64. The van der Waals surface area contributed by atoms with E-state index in [1.165, 1.54) is 0 Å². The van der Waals surface area contributed by atoms with E-state index >= 15 is 0 Å². The number of carbonyl (C=O) groups is 2.